The van der Waals surface area contributed by atoms with Crippen LogP contribution < -0.4 is 11.3 Å². The van der Waals surface area contributed by atoms with Crippen molar-refractivity contribution in [2.45, 2.75) is 18.9 Å². The van der Waals surface area contributed by atoms with Gasteiger partial charge in [0.2, 0.25) is 0 Å². The zero-order valence-corrected chi connectivity index (χ0v) is 10.8. The number of rotatable bonds is 5. The third-order valence-electron chi connectivity index (χ3n) is 2.61. The van der Waals surface area contributed by atoms with Crippen LogP contribution in [-0.4, -0.2) is 4.98 Å². The Morgan fingerprint density at radius 1 is 1.41 bits per heavy atom. The second-order valence-corrected chi connectivity index (χ2v) is 5.17. The summed E-state index contributed by atoms with van der Waals surface area (Å²) in [5.74, 6) is 5.57. The first-order valence-electron chi connectivity index (χ1n) is 5.39. The molecule has 3 nitrogen and oxygen atoms in total. The van der Waals surface area contributed by atoms with Gasteiger partial charge in [0, 0.05) is 17.1 Å². The van der Waals surface area contributed by atoms with Crippen molar-refractivity contribution in [2.24, 2.45) is 5.84 Å². The summed E-state index contributed by atoms with van der Waals surface area (Å²) < 4.78 is 0. The number of hydrogen-bond acceptors (Lipinski definition) is 4. The molecule has 17 heavy (non-hydrogen) atoms. The summed E-state index contributed by atoms with van der Waals surface area (Å²) in [6.07, 6.45) is 3.72. The van der Waals surface area contributed by atoms with Crippen molar-refractivity contribution in [1.29, 1.82) is 0 Å². The van der Waals surface area contributed by atoms with Crippen molar-refractivity contribution < 1.29 is 0 Å². The van der Waals surface area contributed by atoms with Crippen molar-refractivity contribution in [2.75, 3.05) is 0 Å². The van der Waals surface area contributed by atoms with Gasteiger partial charge in [0.05, 0.1) is 0 Å². The molecule has 5 heteroatoms. The van der Waals surface area contributed by atoms with Crippen molar-refractivity contribution in [3.05, 3.63) is 51.4 Å². The Morgan fingerprint density at radius 3 is 2.88 bits per heavy atom. The minimum Gasteiger partial charge on any atom is -0.271 e. The Hall–Kier alpha value is -0.940. The van der Waals surface area contributed by atoms with Gasteiger partial charge in [0.25, 0.3) is 0 Å². The molecule has 0 amide bonds. The number of nitrogens with zero attached hydrogens (tertiary/aromatic N) is 1. The van der Waals surface area contributed by atoms with Crippen LogP contribution >= 0.6 is 22.9 Å². The van der Waals surface area contributed by atoms with Crippen LogP contribution in [0.25, 0.3) is 0 Å². The minimum atomic E-state index is 0.113. The van der Waals surface area contributed by atoms with Gasteiger partial charge in [-0.2, -0.15) is 0 Å². The monoisotopic (exact) mass is 267 g/mol. The maximum absolute atomic E-state index is 5.76. The topological polar surface area (TPSA) is 50.9 Å². The molecule has 0 aliphatic heterocycles. The van der Waals surface area contributed by atoms with Crippen LogP contribution in [0.2, 0.25) is 5.15 Å². The molecule has 90 valence electrons. The normalized spacial score (nSPS) is 12.6. The van der Waals surface area contributed by atoms with Gasteiger partial charge < -0.3 is 0 Å². The number of hydrogen-bond donors (Lipinski definition) is 2. The number of aromatic nitrogens is 1. The first kappa shape index (κ1) is 12.5. The number of pyridine rings is 1. The summed E-state index contributed by atoms with van der Waals surface area (Å²) in [5, 5.41) is 2.59. The molecule has 0 radical (unpaired) electrons. The molecule has 2 aromatic rings. The van der Waals surface area contributed by atoms with Gasteiger partial charge >= 0.3 is 0 Å². The lowest BCUT2D eigenvalue weighted by molar-refractivity contribution is 0.516. The fourth-order valence-electron chi connectivity index (χ4n) is 1.68. The van der Waals surface area contributed by atoms with E-state index in [1.54, 1.807) is 23.6 Å². The predicted molar refractivity (Wildman–Crippen MR) is 72.0 cm³/mol. The molecule has 1 unspecified atom stereocenters. The summed E-state index contributed by atoms with van der Waals surface area (Å²) in [4.78, 5) is 5.43. The third-order valence-corrected chi connectivity index (χ3v) is 3.77. The molecule has 2 rings (SSSR count). The zero-order chi connectivity index (χ0) is 12.1. The van der Waals surface area contributed by atoms with Crippen LogP contribution in [0, 0.1) is 0 Å². The van der Waals surface area contributed by atoms with Gasteiger partial charge in [-0.1, -0.05) is 23.7 Å². The van der Waals surface area contributed by atoms with Crippen LogP contribution in [0.4, 0.5) is 0 Å². The maximum Gasteiger partial charge on any atom is 0.129 e. The molecule has 0 aliphatic carbocycles. The summed E-state index contributed by atoms with van der Waals surface area (Å²) in [6, 6.07) is 8.05. The van der Waals surface area contributed by atoms with Gasteiger partial charge in [0.15, 0.2) is 0 Å². The van der Waals surface area contributed by atoms with E-state index in [1.807, 2.05) is 6.07 Å². The number of aryl methyl sites for hydroxylation is 1. The molecule has 0 bridgehead atoms. The second-order valence-electron chi connectivity index (χ2n) is 3.75. The largest absolute Gasteiger partial charge is 0.271 e. The minimum absolute atomic E-state index is 0.113. The molecular weight excluding hydrogens is 254 g/mol. The van der Waals surface area contributed by atoms with E-state index in [1.165, 1.54) is 4.88 Å². The Balaban J connectivity index is 1.99. The van der Waals surface area contributed by atoms with Crippen molar-refractivity contribution in [3.8, 4) is 0 Å². The Labute approximate surface area is 110 Å². The molecule has 0 aliphatic rings. The van der Waals surface area contributed by atoms with Gasteiger partial charge in [-0.05, 0) is 35.9 Å². The summed E-state index contributed by atoms with van der Waals surface area (Å²) in [5.41, 5.74) is 3.89. The quantitative estimate of drug-likeness (QED) is 0.498. The molecule has 0 aromatic carbocycles. The van der Waals surface area contributed by atoms with E-state index in [4.69, 9.17) is 17.4 Å². The van der Waals surface area contributed by atoms with Gasteiger partial charge in [-0.15, -0.1) is 11.3 Å². The zero-order valence-electron chi connectivity index (χ0n) is 9.27. The summed E-state index contributed by atoms with van der Waals surface area (Å²) >= 11 is 7.52. The highest BCUT2D eigenvalue weighted by Crippen LogP contribution is 2.20. The molecule has 0 spiro atoms. The van der Waals surface area contributed by atoms with Crippen molar-refractivity contribution in [1.82, 2.24) is 10.4 Å². The Bertz CT molecular complexity index is 441. The highest BCUT2D eigenvalue weighted by atomic mass is 35.5. The SMILES string of the molecule is NNC(CCc1cccs1)c1ccc(Cl)nc1. The molecule has 3 N–H and O–H groups in total. The van der Waals surface area contributed by atoms with Crippen LogP contribution in [0.1, 0.15) is 22.9 Å². The lowest BCUT2D eigenvalue weighted by Gasteiger charge is -2.15. The van der Waals surface area contributed by atoms with Gasteiger partial charge in [-0.3, -0.25) is 11.3 Å². The molecule has 2 heterocycles. The van der Waals surface area contributed by atoms with Crippen LogP contribution in [0.3, 0.4) is 0 Å². The van der Waals surface area contributed by atoms with Gasteiger partial charge in [0.1, 0.15) is 5.15 Å². The van der Waals surface area contributed by atoms with E-state index >= 15 is 0 Å². The first-order chi connectivity index (χ1) is 8.29. The number of halogens is 1. The number of nitrogens with two attached hydrogens (primary N) is 1. The predicted octanol–water partition coefficient (Wildman–Crippen LogP) is 2.93. The van der Waals surface area contributed by atoms with E-state index in [2.05, 4.69) is 27.9 Å². The van der Waals surface area contributed by atoms with Gasteiger partial charge in [-0.25, -0.2) is 4.98 Å². The molecular formula is C12H14ClN3S. The van der Waals surface area contributed by atoms with E-state index in [9.17, 15) is 0 Å². The first-order valence-corrected chi connectivity index (χ1v) is 6.65. The molecule has 2 aromatic heterocycles. The highest BCUT2D eigenvalue weighted by molar-refractivity contribution is 7.09. The lowest BCUT2D eigenvalue weighted by atomic mass is 10.0. The van der Waals surface area contributed by atoms with Crippen molar-refractivity contribution in [3.63, 3.8) is 0 Å². The molecule has 1 atom stereocenters. The summed E-state index contributed by atoms with van der Waals surface area (Å²) in [6.45, 7) is 0. The maximum atomic E-state index is 5.76. The number of thiophene rings is 1. The molecule has 0 fully saturated rings. The third kappa shape index (κ3) is 3.51. The lowest BCUT2D eigenvalue weighted by Crippen LogP contribution is -2.28. The summed E-state index contributed by atoms with van der Waals surface area (Å²) in [7, 11) is 0. The van der Waals surface area contributed by atoms with Crippen LogP contribution in [0.15, 0.2) is 35.8 Å². The van der Waals surface area contributed by atoms with Crippen molar-refractivity contribution >= 4 is 22.9 Å². The second kappa shape index (κ2) is 6.12. The number of nitrogens with one attached hydrogen (secondary N) is 1. The fourth-order valence-corrected chi connectivity index (χ4v) is 2.52. The molecule has 0 saturated heterocycles. The highest BCUT2D eigenvalue weighted by Gasteiger charge is 2.10. The van der Waals surface area contributed by atoms with E-state index < -0.39 is 0 Å². The fraction of sp³-hybridized carbons (Fsp3) is 0.250. The van der Waals surface area contributed by atoms with E-state index in [0.29, 0.717) is 5.15 Å². The standard InChI is InChI=1S/C12H14ClN3S/c13-12-6-3-9(8-15-12)11(16-14)5-4-10-2-1-7-17-10/h1-3,6-8,11,16H,4-5,14H2. The average molecular weight is 268 g/mol. The smallest absolute Gasteiger partial charge is 0.129 e. The Kier molecular flexibility index (Phi) is 4.50. The van der Waals surface area contributed by atoms with E-state index in [0.717, 1.165) is 18.4 Å². The average Bonchev–Trinajstić information content (AvgIpc) is 2.85. The molecule has 0 saturated carbocycles. The number of hydrazine groups is 1. The Morgan fingerprint density at radius 2 is 2.29 bits per heavy atom. The van der Waals surface area contributed by atoms with Crippen LogP contribution in [0.5, 0.6) is 0 Å². The van der Waals surface area contributed by atoms with E-state index in [-0.39, 0.29) is 6.04 Å². The van der Waals surface area contributed by atoms with Crippen LogP contribution in [-0.2, 0) is 6.42 Å².